The second kappa shape index (κ2) is 4.93. The molecule has 94 valence electrons. The van der Waals surface area contributed by atoms with Crippen molar-refractivity contribution in [1.82, 2.24) is 14.6 Å². The number of benzene rings is 1. The van der Waals surface area contributed by atoms with Crippen molar-refractivity contribution >= 4 is 27.9 Å². The number of rotatable bonds is 3. The van der Waals surface area contributed by atoms with Gasteiger partial charge in [-0.05, 0) is 29.8 Å². The van der Waals surface area contributed by atoms with E-state index in [1.165, 1.54) is 0 Å². The molecular weight excluding hydrogens is 306 g/mol. The van der Waals surface area contributed by atoms with Crippen LogP contribution in [0.4, 0.5) is 0 Å². The number of carbonyl (C=O) groups is 1. The largest absolute Gasteiger partial charge is 0.298 e. The molecule has 0 bridgehead atoms. The van der Waals surface area contributed by atoms with E-state index in [-0.39, 0.29) is 0 Å². The maximum absolute atomic E-state index is 10.9. The summed E-state index contributed by atoms with van der Waals surface area (Å²) in [4.78, 5) is 10.9. The van der Waals surface area contributed by atoms with Crippen LogP contribution in [0.5, 0.6) is 0 Å². The first-order valence-electron chi connectivity index (χ1n) is 5.80. The van der Waals surface area contributed by atoms with E-state index < -0.39 is 0 Å². The Bertz CT molecular complexity index is 751. The summed E-state index contributed by atoms with van der Waals surface area (Å²) in [5.41, 5.74) is 2.29. The van der Waals surface area contributed by atoms with Crippen LogP contribution in [-0.2, 0) is 6.42 Å². The van der Waals surface area contributed by atoms with Crippen molar-refractivity contribution in [3.63, 3.8) is 0 Å². The van der Waals surface area contributed by atoms with Crippen molar-refractivity contribution in [2.45, 2.75) is 6.42 Å². The van der Waals surface area contributed by atoms with Gasteiger partial charge in [0.1, 0.15) is 5.82 Å². The standard InChI is InChI=1S/C14H10BrN3O/c15-12-5-1-3-10(7-12)8-13-16-17-14-11(9-19)4-2-6-18(13)14/h1-7,9H,8H2. The Balaban J connectivity index is 2.04. The van der Waals surface area contributed by atoms with Gasteiger partial charge in [-0.3, -0.25) is 9.20 Å². The predicted octanol–water partition coefficient (Wildman–Crippen LogP) is 2.90. The first kappa shape index (κ1) is 12.0. The van der Waals surface area contributed by atoms with E-state index in [0.29, 0.717) is 17.6 Å². The van der Waals surface area contributed by atoms with Crippen LogP contribution in [0.3, 0.4) is 0 Å². The molecule has 0 aliphatic heterocycles. The fourth-order valence-electron chi connectivity index (χ4n) is 2.03. The predicted molar refractivity (Wildman–Crippen MR) is 75.3 cm³/mol. The van der Waals surface area contributed by atoms with Gasteiger partial charge in [0.25, 0.3) is 0 Å². The molecule has 3 aromatic rings. The number of aromatic nitrogens is 3. The number of pyridine rings is 1. The molecule has 19 heavy (non-hydrogen) atoms. The van der Waals surface area contributed by atoms with E-state index in [9.17, 15) is 4.79 Å². The minimum absolute atomic E-state index is 0.551. The fourth-order valence-corrected chi connectivity index (χ4v) is 2.47. The molecule has 0 spiro atoms. The molecule has 0 fully saturated rings. The molecular formula is C14H10BrN3O. The molecule has 0 saturated heterocycles. The third-order valence-electron chi connectivity index (χ3n) is 2.91. The van der Waals surface area contributed by atoms with Gasteiger partial charge < -0.3 is 0 Å². The number of nitrogens with zero attached hydrogens (tertiary/aromatic N) is 3. The summed E-state index contributed by atoms with van der Waals surface area (Å²) in [7, 11) is 0. The molecule has 0 radical (unpaired) electrons. The highest BCUT2D eigenvalue weighted by atomic mass is 79.9. The van der Waals surface area contributed by atoms with Crippen LogP contribution in [0, 0.1) is 0 Å². The first-order valence-corrected chi connectivity index (χ1v) is 6.59. The number of halogens is 1. The molecule has 3 rings (SSSR count). The van der Waals surface area contributed by atoms with Crippen LogP contribution in [0.15, 0.2) is 47.1 Å². The van der Waals surface area contributed by atoms with Gasteiger partial charge in [0.2, 0.25) is 0 Å². The molecule has 5 heteroatoms. The van der Waals surface area contributed by atoms with E-state index in [1.807, 2.05) is 40.9 Å². The molecule has 2 heterocycles. The van der Waals surface area contributed by atoms with E-state index >= 15 is 0 Å². The Kier molecular flexibility index (Phi) is 3.13. The third-order valence-corrected chi connectivity index (χ3v) is 3.41. The molecule has 1 aromatic carbocycles. The molecule has 0 unspecified atom stereocenters. The summed E-state index contributed by atoms with van der Waals surface area (Å²) in [6.07, 6.45) is 3.34. The quantitative estimate of drug-likeness (QED) is 0.698. The zero-order valence-corrected chi connectivity index (χ0v) is 11.5. The summed E-state index contributed by atoms with van der Waals surface area (Å²) in [5.74, 6) is 0.816. The normalized spacial score (nSPS) is 10.8. The van der Waals surface area contributed by atoms with E-state index in [0.717, 1.165) is 22.1 Å². The minimum atomic E-state index is 0.551. The summed E-state index contributed by atoms with van der Waals surface area (Å²) < 4.78 is 2.89. The topological polar surface area (TPSA) is 47.3 Å². The zero-order chi connectivity index (χ0) is 13.2. The van der Waals surface area contributed by atoms with Crippen molar-refractivity contribution < 1.29 is 4.79 Å². The van der Waals surface area contributed by atoms with E-state index in [1.54, 1.807) is 6.07 Å². The van der Waals surface area contributed by atoms with E-state index in [2.05, 4.69) is 26.1 Å². The van der Waals surface area contributed by atoms with Crippen LogP contribution >= 0.6 is 15.9 Å². The van der Waals surface area contributed by atoms with Crippen LogP contribution in [0.25, 0.3) is 5.65 Å². The second-order valence-corrected chi connectivity index (χ2v) is 5.11. The monoisotopic (exact) mass is 315 g/mol. The summed E-state index contributed by atoms with van der Waals surface area (Å²) in [6.45, 7) is 0. The number of hydrogen-bond acceptors (Lipinski definition) is 3. The molecule has 4 nitrogen and oxygen atoms in total. The van der Waals surface area contributed by atoms with Gasteiger partial charge in [0, 0.05) is 17.1 Å². The number of carbonyl (C=O) groups excluding carboxylic acids is 1. The van der Waals surface area contributed by atoms with Crippen LogP contribution in [0.1, 0.15) is 21.7 Å². The number of fused-ring (bicyclic) bond motifs is 1. The number of aldehydes is 1. The molecule has 0 amide bonds. The Hall–Kier alpha value is -2.01. The Morgan fingerprint density at radius 1 is 1.21 bits per heavy atom. The highest BCUT2D eigenvalue weighted by molar-refractivity contribution is 9.10. The molecule has 0 saturated carbocycles. The van der Waals surface area contributed by atoms with Crippen molar-refractivity contribution in [2.24, 2.45) is 0 Å². The Labute approximate surface area is 118 Å². The average molecular weight is 316 g/mol. The van der Waals surface area contributed by atoms with Crippen LogP contribution in [0.2, 0.25) is 0 Å². The summed E-state index contributed by atoms with van der Waals surface area (Å²) >= 11 is 3.45. The Morgan fingerprint density at radius 2 is 2.11 bits per heavy atom. The van der Waals surface area contributed by atoms with Gasteiger partial charge in [0.15, 0.2) is 11.9 Å². The molecule has 2 aromatic heterocycles. The lowest BCUT2D eigenvalue weighted by Gasteiger charge is -2.01. The molecule has 0 aliphatic rings. The molecule has 0 aliphatic carbocycles. The summed E-state index contributed by atoms with van der Waals surface area (Å²) in [6, 6.07) is 11.6. The fraction of sp³-hybridized carbons (Fsp3) is 0.0714. The second-order valence-electron chi connectivity index (χ2n) is 4.20. The lowest BCUT2D eigenvalue weighted by Crippen LogP contribution is -1.97. The van der Waals surface area contributed by atoms with Crippen molar-refractivity contribution in [2.75, 3.05) is 0 Å². The average Bonchev–Trinajstić information content (AvgIpc) is 2.82. The summed E-state index contributed by atoms with van der Waals surface area (Å²) in [5, 5.41) is 8.25. The van der Waals surface area contributed by atoms with Crippen molar-refractivity contribution in [1.29, 1.82) is 0 Å². The van der Waals surface area contributed by atoms with Gasteiger partial charge in [-0.15, -0.1) is 10.2 Å². The highest BCUT2D eigenvalue weighted by Crippen LogP contribution is 2.16. The van der Waals surface area contributed by atoms with Crippen LogP contribution < -0.4 is 0 Å². The first-order chi connectivity index (χ1) is 9.28. The van der Waals surface area contributed by atoms with Crippen molar-refractivity contribution in [3.05, 3.63) is 64.0 Å². The minimum Gasteiger partial charge on any atom is -0.298 e. The van der Waals surface area contributed by atoms with Gasteiger partial charge >= 0.3 is 0 Å². The maximum atomic E-state index is 10.9. The van der Waals surface area contributed by atoms with E-state index in [4.69, 9.17) is 0 Å². The molecule has 0 atom stereocenters. The lowest BCUT2D eigenvalue weighted by molar-refractivity contribution is 0.112. The SMILES string of the molecule is O=Cc1cccn2c(Cc3cccc(Br)c3)nnc12. The third kappa shape index (κ3) is 2.29. The van der Waals surface area contributed by atoms with Gasteiger partial charge in [-0.2, -0.15) is 0 Å². The number of hydrogen-bond donors (Lipinski definition) is 0. The smallest absolute Gasteiger partial charge is 0.171 e. The maximum Gasteiger partial charge on any atom is 0.171 e. The van der Waals surface area contributed by atoms with Gasteiger partial charge in [0.05, 0.1) is 5.56 Å². The van der Waals surface area contributed by atoms with Crippen LogP contribution in [-0.4, -0.2) is 20.9 Å². The van der Waals surface area contributed by atoms with Crippen molar-refractivity contribution in [3.8, 4) is 0 Å². The Morgan fingerprint density at radius 3 is 2.89 bits per heavy atom. The highest BCUT2D eigenvalue weighted by Gasteiger charge is 2.09. The van der Waals surface area contributed by atoms with Gasteiger partial charge in [-0.25, -0.2) is 0 Å². The zero-order valence-electron chi connectivity index (χ0n) is 9.95. The van der Waals surface area contributed by atoms with Gasteiger partial charge in [-0.1, -0.05) is 28.1 Å². The lowest BCUT2D eigenvalue weighted by atomic mass is 10.1. The molecule has 0 N–H and O–H groups in total.